The minimum Gasteiger partial charge on any atom is -0.497 e. The molecule has 0 amide bonds. The van der Waals surface area contributed by atoms with Gasteiger partial charge in [0, 0.05) is 31.6 Å². The predicted octanol–water partition coefficient (Wildman–Crippen LogP) is 3.92. The van der Waals surface area contributed by atoms with Gasteiger partial charge in [-0.2, -0.15) is 4.98 Å². The Bertz CT molecular complexity index is 934. The number of ether oxygens (including phenoxy) is 2. The molecule has 29 heavy (non-hydrogen) atoms. The smallest absolute Gasteiger partial charge is 0.227 e. The molecule has 2 heterocycles. The third kappa shape index (κ3) is 5.02. The maximum absolute atomic E-state index is 5.54. The number of hydrogen-bond donors (Lipinski definition) is 0. The molecule has 6 heteroatoms. The van der Waals surface area contributed by atoms with Crippen molar-refractivity contribution in [1.82, 2.24) is 15.0 Å². The molecule has 0 N–H and O–H groups in total. The number of hydrogen-bond acceptors (Lipinski definition) is 6. The summed E-state index contributed by atoms with van der Waals surface area (Å²) >= 11 is 0. The second kappa shape index (κ2) is 9.20. The Balaban J connectivity index is 1.43. The van der Waals surface area contributed by atoms with Crippen LogP contribution in [0.3, 0.4) is 0 Å². The molecule has 0 spiro atoms. The summed E-state index contributed by atoms with van der Waals surface area (Å²) in [5, 5.41) is 4.21. The molecule has 0 radical (unpaired) electrons. The average molecular weight is 393 g/mol. The van der Waals surface area contributed by atoms with Crippen molar-refractivity contribution < 1.29 is 14.0 Å². The highest BCUT2D eigenvalue weighted by Gasteiger charge is 2.15. The Hall–Kier alpha value is -2.70. The maximum atomic E-state index is 5.54. The van der Waals surface area contributed by atoms with E-state index in [1.54, 1.807) is 7.11 Å². The van der Waals surface area contributed by atoms with Gasteiger partial charge in [-0.1, -0.05) is 42.4 Å². The van der Waals surface area contributed by atoms with E-state index in [2.05, 4.69) is 52.3 Å². The Morgan fingerprint density at radius 3 is 2.76 bits per heavy atom. The largest absolute Gasteiger partial charge is 0.497 e. The summed E-state index contributed by atoms with van der Waals surface area (Å²) in [6, 6.07) is 16.5. The van der Waals surface area contributed by atoms with E-state index >= 15 is 0 Å². The van der Waals surface area contributed by atoms with Crippen LogP contribution in [0.25, 0.3) is 11.4 Å². The Morgan fingerprint density at radius 2 is 1.93 bits per heavy atom. The highest BCUT2D eigenvalue weighted by atomic mass is 16.5. The SMILES string of the molecule is COc1cccc([C@@H](C)Cc2nc(-c3cccc(CN4CCOCC4)c3)no2)c1. The fraction of sp³-hybridized carbons (Fsp3) is 0.391. The van der Waals surface area contributed by atoms with Crippen molar-refractivity contribution in [3.05, 3.63) is 65.5 Å². The van der Waals surface area contributed by atoms with Crippen molar-refractivity contribution in [1.29, 1.82) is 0 Å². The molecule has 4 rings (SSSR count). The second-order valence-corrected chi connectivity index (χ2v) is 7.48. The van der Waals surface area contributed by atoms with Crippen molar-refractivity contribution in [2.24, 2.45) is 0 Å². The fourth-order valence-electron chi connectivity index (χ4n) is 3.61. The van der Waals surface area contributed by atoms with Crippen LogP contribution in [0, 0.1) is 0 Å². The molecule has 0 bridgehead atoms. The molecule has 1 aromatic heterocycles. The van der Waals surface area contributed by atoms with Crippen LogP contribution in [-0.2, 0) is 17.7 Å². The summed E-state index contributed by atoms with van der Waals surface area (Å²) in [5.41, 5.74) is 3.43. The molecule has 0 saturated carbocycles. The highest BCUT2D eigenvalue weighted by molar-refractivity contribution is 5.55. The lowest BCUT2D eigenvalue weighted by Gasteiger charge is -2.26. The molecule has 0 aliphatic carbocycles. The minimum atomic E-state index is 0.256. The van der Waals surface area contributed by atoms with Crippen LogP contribution in [0.4, 0.5) is 0 Å². The lowest BCUT2D eigenvalue weighted by molar-refractivity contribution is 0.0342. The van der Waals surface area contributed by atoms with Crippen LogP contribution in [0.15, 0.2) is 53.1 Å². The molecule has 0 unspecified atom stereocenters. The topological polar surface area (TPSA) is 60.6 Å². The summed E-state index contributed by atoms with van der Waals surface area (Å²) in [4.78, 5) is 7.04. The number of aromatic nitrogens is 2. The van der Waals surface area contributed by atoms with Crippen LogP contribution in [0.2, 0.25) is 0 Å². The van der Waals surface area contributed by atoms with E-state index in [1.807, 2.05) is 18.2 Å². The van der Waals surface area contributed by atoms with E-state index in [1.165, 1.54) is 11.1 Å². The lowest BCUT2D eigenvalue weighted by atomic mass is 9.97. The molecular weight excluding hydrogens is 366 g/mol. The van der Waals surface area contributed by atoms with E-state index in [9.17, 15) is 0 Å². The van der Waals surface area contributed by atoms with Crippen LogP contribution < -0.4 is 4.74 Å². The summed E-state index contributed by atoms with van der Waals surface area (Å²) in [6.07, 6.45) is 0.688. The molecule has 1 atom stereocenters. The van der Waals surface area contributed by atoms with Crippen molar-refractivity contribution in [3.8, 4) is 17.1 Å². The monoisotopic (exact) mass is 393 g/mol. The van der Waals surface area contributed by atoms with Gasteiger partial charge in [0.2, 0.25) is 11.7 Å². The first-order chi connectivity index (χ1) is 14.2. The van der Waals surface area contributed by atoms with Crippen LogP contribution in [0.1, 0.15) is 29.9 Å². The number of morpholine rings is 1. The summed E-state index contributed by atoms with van der Waals surface area (Å²) in [7, 11) is 1.68. The standard InChI is InChI=1S/C23H27N3O3/c1-17(19-6-4-8-21(15-19)27-2)13-22-24-23(25-29-22)20-7-3-5-18(14-20)16-26-9-11-28-12-10-26/h3-8,14-15,17H,9-13,16H2,1-2H3/t17-/m0/s1. The van der Waals surface area contributed by atoms with Crippen LogP contribution >= 0.6 is 0 Å². The van der Waals surface area contributed by atoms with Gasteiger partial charge in [0.05, 0.1) is 20.3 Å². The summed E-state index contributed by atoms with van der Waals surface area (Å²) in [5.74, 6) is 2.40. The van der Waals surface area contributed by atoms with Gasteiger partial charge in [-0.3, -0.25) is 4.90 Å². The molecule has 1 fully saturated rings. The zero-order valence-corrected chi connectivity index (χ0v) is 17.0. The lowest BCUT2D eigenvalue weighted by Crippen LogP contribution is -2.35. The van der Waals surface area contributed by atoms with Crippen molar-refractivity contribution in [2.45, 2.75) is 25.8 Å². The predicted molar refractivity (Wildman–Crippen MR) is 111 cm³/mol. The van der Waals surface area contributed by atoms with E-state index in [4.69, 9.17) is 14.0 Å². The molecule has 3 aromatic rings. The van der Waals surface area contributed by atoms with E-state index < -0.39 is 0 Å². The molecular formula is C23H27N3O3. The Labute approximate surface area is 171 Å². The number of rotatable bonds is 7. The molecule has 1 aliphatic heterocycles. The average Bonchev–Trinajstić information content (AvgIpc) is 3.23. The number of nitrogens with zero attached hydrogens (tertiary/aromatic N) is 3. The van der Waals surface area contributed by atoms with Crippen molar-refractivity contribution >= 4 is 0 Å². The third-order valence-corrected chi connectivity index (χ3v) is 5.31. The number of methoxy groups -OCH3 is 1. The Kier molecular flexibility index (Phi) is 6.22. The third-order valence-electron chi connectivity index (χ3n) is 5.31. The summed E-state index contributed by atoms with van der Waals surface area (Å²) < 4.78 is 16.3. The quantitative estimate of drug-likeness (QED) is 0.606. The van der Waals surface area contributed by atoms with E-state index in [0.29, 0.717) is 18.1 Å². The first-order valence-corrected chi connectivity index (χ1v) is 10.1. The van der Waals surface area contributed by atoms with Gasteiger partial charge in [-0.05, 0) is 35.2 Å². The maximum Gasteiger partial charge on any atom is 0.227 e. The van der Waals surface area contributed by atoms with Crippen LogP contribution in [0.5, 0.6) is 5.75 Å². The molecule has 1 saturated heterocycles. The first-order valence-electron chi connectivity index (χ1n) is 10.1. The zero-order chi connectivity index (χ0) is 20.1. The zero-order valence-electron chi connectivity index (χ0n) is 17.0. The number of benzene rings is 2. The van der Waals surface area contributed by atoms with Gasteiger partial charge in [0.15, 0.2) is 0 Å². The molecule has 2 aromatic carbocycles. The fourth-order valence-corrected chi connectivity index (χ4v) is 3.61. The first kappa shape index (κ1) is 19.6. The summed E-state index contributed by atoms with van der Waals surface area (Å²) in [6.45, 7) is 6.62. The molecule has 152 valence electrons. The van der Waals surface area contributed by atoms with Crippen LogP contribution in [-0.4, -0.2) is 48.5 Å². The van der Waals surface area contributed by atoms with Gasteiger partial charge in [0.25, 0.3) is 0 Å². The molecule has 1 aliphatic rings. The van der Waals surface area contributed by atoms with E-state index in [0.717, 1.165) is 44.2 Å². The minimum absolute atomic E-state index is 0.256. The van der Waals surface area contributed by atoms with Gasteiger partial charge < -0.3 is 14.0 Å². The second-order valence-electron chi connectivity index (χ2n) is 7.48. The Morgan fingerprint density at radius 1 is 1.10 bits per heavy atom. The van der Waals surface area contributed by atoms with Crippen molar-refractivity contribution in [3.63, 3.8) is 0 Å². The highest BCUT2D eigenvalue weighted by Crippen LogP contribution is 2.25. The van der Waals surface area contributed by atoms with Gasteiger partial charge in [-0.15, -0.1) is 0 Å². The normalized spacial score (nSPS) is 15.9. The van der Waals surface area contributed by atoms with E-state index in [-0.39, 0.29) is 5.92 Å². The molecule has 6 nitrogen and oxygen atoms in total. The van der Waals surface area contributed by atoms with Gasteiger partial charge in [-0.25, -0.2) is 0 Å². The van der Waals surface area contributed by atoms with Gasteiger partial charge >= 0.3 is 0 Å². The van der Waals surface area contributed by atoms with Gasteiger partial charge in [0.1, 0.15) is 5.75 Å². The van der Waals surface area contributed by atoms with Crippen molar-refractivity contribution in [2.75, 3.05) is 33.4 Å².